The van der Waals surface area contributed by atoms with E-state index in [2.05, 4.69) is 0 Å². The van der Waals surface area contributed by atoms with Crippen LogP contribution in [0.1, 0.15) is 32.8 Å². The molecule has 1 atom stereocenters. The van der Waals surface area contributed by atoms with E-state index in [4.69, 9.17) is 5.26 Å². The molecule has 5 nitrogen and oxygen atoms in total. The van der Waals surface area contributed by atoms with Crippen molar-refractivity contribution >= 4 is 17.6 Å². The van der Waals surface area contributed by atoms with Gasteiger partial charge in [0, 0.05) is 19.2 Å². The van der Waals surface area contributed by atoms with Gasteiger partial charge in [0.2, 0.25) is 5.91 Å². The lowest BCUT2D eigenvalue weighted by Gasteiger charge is -2.30. The normalized spacial score (nSPS) is 13.3. The van der Waals surface area contributed by atoms with Crippen molar-refractivity contribution in [3.63, 3.8) is 0 Å². The number of hydrogen-bond donors (Lipinski definition) is 1. The summed E-state index contributed by atoms with van der Waals surface area (Å²) in [6, 6.07) is 8.60. The Morgan fingerprint density at radius 3 is 2.24 bits per heavy atom. The predicted molar refractivity (Wildman–Crippen MR) is 79.8 cm³/mol. The first-order valence-electron chi connectivity index (χ1n) is 6.72. The van der Waals surface area contributed by atoms with E-state index in [-0.39, 0.29) is 18.2 Å². The molecule has 0 aliphatic heterocycles. The van der Waals surface area contributed by atoms with Gasteiger partial charge in [0.05, 0.1) is 17.0 Å². The average molecular weight is 288 g/mol. The second-order valence-electron chi connectivity index (χ2n) is 5.67. The molecule has 1 aromatic carbocycles. The second kappa shape index (κ2) is 6.40. The second-order valence-corrected chi connectivity index (χ2v) is 5.67. The summed E-state index contributed by atoms with van der Waals surface area (Å²) in [4.78, 5) is 25.2. The van der Waals surface area contributed by atoms with E-state index >= 15 is 0 Å². The topological polar surface area (TPSA) is 81.4 Å². The molecule has 1 amide bonds. The number of anilines is 1. The molecule has 1 aromatic rings. The van der Waals surface area contributed by atoms with E-state index in [1.165, 1.54) is 4.90 Å². The van der Waals surface area contributed by atoms with Crippen molar-refractivity contribution < 1.29 is 14.7 Å². The Balaban J connectivity index is 2.92. The highest BCUT2D eigenvalue weighted by Crippen LogP contribution is 2.32. The zero-order valence-electron chi connectivity index (χ0n) is 12.8. The van der Waals surface area contributed by atoms with Gasteiger partial charge in [-0.15, -0.1) is 0 Å². The Morgan fingerprint density at radius 1 is 1.33 bits per heavy atom. The number of benzene rings is 1. The lowest BCUT2D eigenvalue weighted by molar-refractivity contribution is -0.153. The zero-order valence-corrected chi connectivity index (χ0v) is 12.8. The molecule has 0 aliphatic carbocycles. The van der Waals surface area contributed by atoms with E-state index in [0.717, 1.165) is 0 Å². The summed E-state index contributed by atoms with van der Waals surface area (Å²) in [5.41, 5.74) is 0.0467. The van der Waals surface area contributed by atoms with Crippen molar-refractivity contribution in [3.8, 4) is 6.07 Å². The Labute approximate surface area is 124 Å². The third-order valence-electron chi connectivity index (χ3n) is 4.04. The quantitative estimate of drug-likeness (QED) is 0.903. The molecule has 1 rings (SSSR count). The molecular formula is C16H20N2O3. The zero-order chi connectivity index (χ0) is 16.2. The van der Waals surface area contributed by atoms with Gasteiger partial charge < -0.3 is 10.0 Å². The largest absolute Gasteiger partial charge is 0.481 e. The fourth-order valence-electron chi connectivity index (χ4n) is 1.86. The summed E-state index contributed by atoms with van der Waals surface area (Å²) in [5, 5.41) is 18.1. The SMILES string of the molecule is CC(C)C(C)(CC(=O)N(C)c1ccc(C#N)cc1)C(=O)O. The number of aliphatic carboxylic acids is 1. The van der Waals surface area contributed by atoms with Crippen LogP contribution in [-0.4, -0.2) is 24.0 Å². The van der Waals surface area contributed by atoms with Crippen LogP contribution in [-0.2, 0) is 9.59 Å². The van der Waals surface area contributed by atoms with Crippen LogP contribution >= 0.6 is 0 Å². The molecule has 0 heterocycles. The average Bonchev–Trinajstić information content (AvgIpc) is 2.45. The lowest BCUT2D eigenvalue weighted by Crippen LogP contribution is -2.39. The molecule has 112 valence electrons. The van der Waals surface area contributed by atoms with Crippen LogP contribution in [0, 0.1) is 22.7 Å². The number of nitriles is 1. The van der Waals surface area contributed by atoms with Gasteiger partial charge in [0.25, 0.3) is 0 Å². The summed E-state index contributed by atoms with van der Waals surface area (Å²) < 4.78 is 0. The van der Waals surface area contributed by atoms with Gasteiger partial charge in [-0.25, -0.2) is 0 Å². The third-order valence-corrected chi connectivity index (χ3v) is 4.04. The summed E-state index contributed by atoms with van der Waals surface area (Å²) in [7, 11) is 1.60. The van der Waals surface area contributed by atoms with Crippen molar-refractivity contribution in [2.75, 3.05) is 11.9 Å². The van der Waals surface area contributed by atoms with Crippen LogP contribution in [0.2, 0.25) is 0 Å². The number of carboxylic acid groups (broad SMARTS) is 1. The molecule has 0 saturated heterocycles. The van der Waals surface area contributed by atoms with Crippen LogP contribution in [0.15, 0.2) is 24.3 Å². The van der Waals surface area contributed by atoms with Gasteiger partial charge in [0.15, 0.2) is 0 Å². The molecule has 0 spiro atoms. The molecule has 21 heavy (non-hydrogen) atoms. The van der Waals surface area contributed by atoms with Gasteiger partial charge in [-0.2, -0.15) is 5.26 Å². The molecule has 0 fully saturated rings. The number of amides is 1. The molecule has 0 radical (unpaired) electrons. The van der Waals surface area contributed by atoms with Gasteiger partial charge in [-0.1, -0.05) is 13.8 Å². The highest BCUT2D eigenvalue weighted by Gasteiger charge is 2.39. The number of hydrogen-bond acceptors (Lipinski definition) is 3. The predicted octanol–water partition coefficient (Wildman–Crippen LogP) is 2.66. The minimum Gasteiger partial charge on any atom is -0.481 e. The number of carboxylic acids is 1. The lowest BCUT2D eigenvalue weighted by atomic mass is 9.76. The summed E-state index contributed by atoms with van der Waals surface area (Å²) in [6.45, 7) is 5.18. The molecule has 0 bridgehead atoms. The third kappa shape index (κ3) is 3.60. The minimum absolute atomic E-state index is 0.0729. The van der Waals surface area contributed by atoms with Crippen molar-refractivity contribution in [3.05, 3.63) is 29.8 Å². The van der Waals surface area contributed by atoms with Gasteiger partial charge in [-0.05, 0) is 37.1 Å². The Bertz CT molecular complexity index is 572. The highest BCUT2D eigenvalue weighted by atomic mass is 16.4. The van der Waals surface area contributed by atoms with Crippen LogP contribution < -0.4 is 4.90 Å². The minimum atomic E-state index is -1.10. The van der Waals surface area contributed by atoms with Crippen LogP contribution in [0.25, 0.3) is 0 Å². The molecular weight excluding hydrogens is 268 g/mol. The number of carbonyl (C=O) groups excluding carboxylic acids is 1. The number of rotatable bonds is 5. The van der Waals surface area contributed by atoms with E-state index in [9.17, 15) is 14.7 Å². The fraction of sp³-hybridized carbons (Fsp3) is 0.438. The first kappa shape index (κ1) is 16.7. The maximum absolute atomic E-state index is 12.3. The van der Waals surface area contributed by atoms with Gasteiger partial charge in [0.1, 0.15) is 0 Å². The van der Waals surface area contributed by atoms with E-state index < -0.39 is 11.4 Å². The smallest absolute Gasteiger partial charge is 0.310 e. The van der Waals surface area contributed by atoms with Crippen LogP contribution in [0.4, 0.5) is 5.69 Å². The van der Waals surface area contributed by atoms with Crippen molar-refractivity contribution in [1.82, 2.24) is 0 Å². The first-order valence-corrected chi connectivity index (χ1v) is 6.72. The van der Waals surface area contributed by atoms with E-state index in [0.29, 0.717) is 11.3 Å². The molecule has 1 N–H and O–H groups in total. The maximum Gasteiger partial charge on any atom is 0.310 e. The van der Waals surface area contributed by atoms with E-state index in [1.54, 1.807) is 52.1 Å². The molecule has 5 heteroatoms. The fourth-order valence-corrected chi connectivity index (χ4v) is 1.86. The first-order chi connectivity index (χ1) is 9.72. The Hall–Kier alpha value is -2.35. The number of nitrogens with zero attached hydrogens (tertiary/aromatic N) is 2. The van der Waals surface area contributed by atoms with Crippen molar-refractivity contribution in [2.45, 2.75) is 27.2 Å². The molecule has 0 aromatic heterocycles. The Morgan fingerprint density at radius 2 is 1.86 bits per heavy atom. The molecule has 0 aliphatic rings. The van der Waals surface area contributed by atoms with E-state index in [1.807, 2.05) is 6.07 Å². The van der Waals surface area contributed by atoms with Crippen LogP contribution in [0.5, 0.6) is 0 Å². The van der Waals surface area contributed by atoms with Crippen molar-refractivity contribution in [2.24, 2.45) is 11.3 Å². The summed E-state index contributed by atoms with van der Waals surface area (Å²) >= 11 is 0. The monoisotopic (exact) mass is 288 g/mol. The van der Waals surface area contributed by atoms with Gasteiger partial charge >= 0.3 is 5.97 Å². The highest BCUT2D eigenvalue weighted by molar-refractivity contribution is 5.95. The standard InChI is InChI=1S/C16H20N2O3/c1-11(2)16(3,15(20)21)9-14(19)18(4)13-7-5-12(10-17)6-8-13/h5-8,11H,9H2,1-4H3,(H,20,21). The Kier molecular flexibility index (Phi) is 5.09. The van der Waals surface area contributed by atoms with Gasteiger partial charge in [-0.3, -0.25) is 9.59 Å². The molecule has 0 saturated carbocycles. The van der Waals surface area contributed by atoms with Crippen molar-refractivity contribution in [1.29, 1.82) is 5.26 Å². The van der Waals surface area contributed by atoms with Crippen LogP contribution in [0.3, 0.4) is 0 Å². The number of carbonyl (C=O) groups is 2. The summed E-state index contributed by atoms with van der Waals surface area (Å²) in [5.74, 6) is -1.40. The maximum atomic E-state index is 12.3. The summed E-state index contributed by atoms with van der Waals surface area (Å²) in [6.07, 6.45) is -0.0729. The molecule has 1 unspecified atom stereocenters.